The van der Waals surface area contributed by atoms with Crippen molar-refractivity contribution in [1.29, 1.82) is 0 Å². The lowest BCUT2D eigenvalue weighted by atomic mass is 10.0. The van der Waals surface area contributed by atoms with Crippen LogP contribution in [0.1, 0.15) is 0 Å². The molecule has 0 aliphatic carbocycles. The van der Waals surface area contributed by atoms with Gasteiger partial charge in [0.15, 0.2) is 11.6 Å². The molecule has 0 aliphatic rings. The number of fused-ring (bicyclic) bond motifs is 1. The average Bonchev–Trinajstić information content (AvgIpc) is 3.19. The molecular formula is C18H11ClF2N2OS. The van der Waals surface area contributed by atoms with Gasteiger partial charge >= 0.3 is 0 Å². The number of thiophene rings is 1. The van der Waals surface area contributed by atoms with Crippen LogP contribution in [-0.2, 0) is 0 Å². The lowest BCUT2D eigenvalue weighted by molar-refractivity contribution is 0.386. The summed E-state index contributed by atoms with van der Waals surface area (Å²) in [5, 5.41) is 0.741. The molecule has 0 spiro atoms. The average molecular weight is 377 g/mol. The number of hydrogen-bond donors (Lipinski definition) is 1. The lowest BCUT2D eigenvalue weighted by Gasteiger charge is -2.09. The minimum atomic E-state index is -0.749. The van der Waals surface area contributed by atoms with E-state index >= 15 is 0 Å². The third-order valence-electron chi connectivity index (χ3n) is 3.89. The largest absolute Gasteiger partial charge is 0.493 e. The van der Waals surface area contributed by atoms with Crippen molar-refractivity contribution in [3.05, 3.63) is 58.7 Å². The van der Waals surface area contributed by atoms with E-state index in [9.17, 15) is 8.78 Å². The Bertz CT molecular complexity index is 1090. The van der Waals surface area contributed by atoms with E-state index in [1.165, 1.54) is 24.5 Å². The van der Waals surface area contributed by atoms with Gasteiger partial charge in [-0.25, -0.2) is 13.8 Å². The summed E-state index contributed by atoms with van der Waals surface area (Å²) in [7, 11) is 1.35. The first-order valence-electron chi connectivity index (χ1n) is 7.33. The molecule has 0 atom stereocenters. The molecule has 1 N–H and O–H groups in total. The van der Waals surface area contributed by atoms with Crippen LogP contribution in [0.5, 0.6) is 5.75 Å². The molecule has 0 fully saturated rings. The highest BCUT2D eigenvalue weighted by Gasteiger charge is 2.18. The topological polar surface area (TPSA) is 37.9 Å². The van der Waals surface area contributed by atoms with Gasteiger partial charge in [-0.2, -0.15) is 0 Å². The van der Waals surface area contributed by atoms with Crippen molar-refractivity contribution < 1.29 is 13.5 Å². The summed E-state index contributed by atoms with van der Waals surface area (Å²) >= 11 is 7.44. The second kappa shape index (κ2) is 6.13. The molecule has 0 aliphatic heterocycles. The number of nitrogens with one attached hydrogen (secondary N) is 1. The van der Waals surface area contributed by atoms with Crippen LogP contribution in [0.15, 0.2) is 42.7 Å². The molecule has 0 bridgehead atoms. The van der Waals surface area contributed by atoms with Crippen molar-refractivity contribution in [2.45, 2.75) is 0 Å². The lowest BCUT2D eigenvalue weighted by Crippen LogP contribution is -1.93. The molecule has 0 saturated heterocycles. The van der Waals surface area contributed by atoms with Crippen LogP contribution in [0.25, 0.3) is 32.6 Å². The van der Waals surface area contributed by atoms with Gasteiger partial charge in [0, 0.05) is 45.4 Å². The Balaban J connectivity index is 1.94. The van der Waals surface area contributed by atoms with E-state index < -0.39 is 11.6 Å². The fourth-order valence-corrected chi connectivity index (χ4v) is 3.82. The summed E-state index contributed by atoms with van der Waals surface area (Å²) in [6.45, 7) is 0. The molecule has 4 rings (SSSR count). The molecule has 3 heterocycles. The SMILES string of the molecule is COc1c(F)cc(F)cc1-c1c[nH]c2ncc(-c3ccc(Cl)s3)cc12. The van der Waals surface area contributed by atoms with Crippen LogP contribution in [0.2, 0.25) is 4.34 Å². The van der Waals surface area contributed by atoms with Crippen molar-refractivity contribution in [3.63, 3.8) is 0 Å². The maximum Gasteiger partial charge on any atom is 0.168 e. The van der Waals surface area contributed by atoms with Crippen LogP contribution in [0, 0.1) is 11.6 Å². The molecule has 4 aromatic rings. The monoisotopic (exact) mass is 376 g/mol. The molecule has 25 heavy (non-hydrogen) atoms. The van der Waals surface area contributed by atoms with Crippen LogP contribution >= 0.6 is 22.9 Å². The summed E-state index contributed by atoms with van der Waals surface area (Å²) in [6, 6.07) is 7.69. The number of benzene rings is 1. The van der Waals surface area contributed by atoms with Crippen molar-refractivity contribution in [1.82, 2.24) is 9.97 Å². The van der Waals surface area contributed by atoms with E-state index in [0.29, 0.717) is 21.1 Å². The molecule has 3 nitrogen and oxygen atoms in total. The van der Waals surface area contributed by atoms with Crippen molar-refractivity contribution in [3.8, 4) is 27.3 Å². The predicted molar refractivity (Wildman–Crippen MR) is 96.3 cm³/mol. The van der Waals surface area contributed by atoms with E-state index in [1.807, 2.05) is 18.2 Å². The summed E-state index contributed by atoms with van der Waals surface area (Å²) in [5.41, 5.74) is 2.44. The maximum atomic E-state index is 14.0. The highest BCUT2D eigenvalue weighted by Crippen LogP contribution is 2.39. The van der Waals surface area contributed by atoms with Crippen LogP contribution < -0.4 is 4.74 Å². The van der Waals surface area contributed by atoms with E-state index in [2.05, 4.69) is 9.97 Å². The fourth-order valence-electron chi connectivity index (χ4n) is 2.80. The normalized spacial score (nSPS) is 11.2. The summed E-state index contributed by atoms with van der Waals surface area (Å²) in [6.07, 6.45) is 3.40. The second-order valence-corrected chi connectivity index (χ2v) is 7.11. The molecule has 1 aromatic carbocycles. The Hall–Kier alpha value is -2.44. The van der Waals surface area contributed by atoms with E-state index in [1.54, 1.807) is 12.4 Å². The number of H-pyrrole nitrogens is 1. The number of ether oxygens (including phenoxy) is 1. The first-order chi connectivity index (χ1) is 12.1. The zero-order chi connectivity index (χ0) is 17.6. The quantitative estimate of drug-likeness (QED) is 0.483. The molecule has 7 heteroatoms. The minimum absolute atomic E-state index is 0.00753. The van der Waals surface area contributed by atoms with Gasteiger partial charge in [0.1, 0.15) is 11.5 Å². The van der Waals surface area contributed by atoms with Crippen molar-refractivity contribution in [2.24, 2.45) is 0 Å². The molecule has 0 unspecified atom stereocenters. The summed E-state index contributed by atoms with van der Waals surface area (Å²) in [4.78, 5) is 8.38. The van der Waals surface area contributed by atoms with Gasteiger partial charge in [-0.15, -0.1) is 11.3 Å². The maximum absolute atomic E-state index is 14.0. The molecule has 126 valence electrons. The second-order valence-electron chi connectivity index (χ2n) is 5.39. The van der Waals surface area contributed by atoms with Crippen molar-refractivity contribution in [2.75, 3.05) is 7.11 Å². The van der Waals surface area contributed by atoms with Gasteiger partial charge in [0.2, 0.25) is 0 Å². The number of rotatable bonds is 3. The molecule has 0 radical (unpaired) electrons. The van der Waals surface area contributed by atoms with E-state index in [4.69, 9.17) is 16.3 Å². The van der Waals surface area contributed by atoms with Crippen LogP contribution in [0.4, 0.5) is 8.78 Å². The number of methoxy groups -OCH3 is 1. The molecule has 0 saturated carbocycles. The van der Waals surface area contributed by atoms with Crippen LogP contribution in [0.3, 0.4) is 0 Å². The standard InChI is InChI=1S/C18H11ClF2N2OS/c1-24-17-11(5-10(20)6-14(17)21)13-8-23-18-12(13)4-9(7-22-18)15-2-3-16(19)25-15/h2-8H,1H3,(H,22,23). The number of hydrogen-bond acceptors (Lipinski definition) is 3. The van der Waals surface area contributed by atoms with Gasteiger partial charge in [0.05, 0.1) is 11.4 Å². The third-order valence-corrected chi connectivity index (χ3v) is 5.17. The number of halogens is 3. The summed E-state index contributed by atoms with van der Waals surface area (Å²) in [5.74, 6) is -1.43. The Morgan fingerprint density at radius 3 is 2.72 bits per heavy atom. The number of aromatic amines is 1. The summed E-state index contributed by atoms with van der Waals surface area (Å²) < 4.78 is 33.6. The minimum Gasteiger partial charge on any atom is -0.493 e. The van der Waals surface area contributed by atoms with Crippen molar-refractivity contribution >= 4 is 34.0 Å². The zero-order valence-corrected chi connectivity index (χ0v) is 14.5. The zero-order valence-electron chi connectivity index (χ0n) is 12.9. The van der Waals surface area contributed by atoms with E-state index in [0.717, 1.165) is 21.9 Å². The Labute approximate surface area is 150 Å². The molecular weight excluding hydrogens is 366 g/mol. The van der Waals surface area contributed by atoms with E-state index in [-0.39, 0.29) is 5.75 Å². The van der Waals surface area contributed by atoms with Gasteiger partial charge in [0.25, 0.3) is 0 Å². The fraction of sp³-hybridized carbons (Fsp3) is 0.0556. The first-order valence-corrected chi connectivity index (χ1v) is 8.52. The Kier molecular flexibility index (Phi) is 3.94. The van der Waals surface area contributed by atoms with Crippen LogP contribution in [-0.4, -0.2) is 17.1 Å². The number of aromatic nitrogens is 2. The third kappa shape index (κ3) is 2.77. The van der Waals surface area contributed by atoms with Gasteiger partial charge < -0.3 is 9.72 Å². The smallest absolute Gasteiger partial charge is 0.168 e. The van der Waals surface area contributed by atoms with Gasteiger partial charge in [-0.3, -0.25) is 0 Å². The highest BCUT2D eigenvalue weighted by atomic mass is 35.5. The Morgan fingerprint density at radius 1 is 1.16 bits per heavy atom. The molecule has 3 aromatic heterocycles. The highest BCUT2D eigenvalue weighted by molar-refractivity contribution is 7.19. The van der Waals surface area contributed by atoms with Gasteiger partial charge in [-0.1, -0.05) is 11.6 Å². The number of pyridine rings is 1. The first kappa shape index (κ1) is 16.1. The molecule has 0 amide bonds. The predicted octanol–water partition coefficient (Wildman–Crippen LogP) is 5.90. The van der Waals surface area contributed by atoms with Gasteiger partial charge in [-0.05, 0) is 24.3 Å². The Morgan fingerprint density at radius 2 is 2.00 bits per heavy atom. The number of nitrogens with zero attached hydrogens (tertiary/aromatic N) is 1.